The first-order chi connectivity index (χ1) is 8.61. The van der Waals surface area contributed by atoms with Gasteiger partial charge in [-0.25, -0.2) is 0 Å². The van der Waals surface area contributed by atoms with Crippen LogP contribution in [0.3, 0.4) is 0 Å². The zero-order chi connectivity index (χ0) is 13.1. The second-order valence-electron chi connectivity index (χ2n) is 5.42. The summed E-state index contributed by atoms with van der Waals surface area (Å²) in [4.78, 5) is 4.09. The van der Waals surface area contributed by atoms with Gasteiger partial charge in [-0.15, -0.1) is 0 Å². The topological polar surface area (TPSA) is 46.0 Å². The number of hydrogen-bond donors (Lipinski definition) is 1. The van der Waals surface area contributed by atoms with E-state index < -0.39 is 0 Å². The highest BCUT2D eigenvalue weighted by molar-refractivity contribution is 5.05. The van der Waals surface area contributed by atoms with Crippen molar-refractivity contribution in [2.75, 3.05) is 20.6 Å². The van der Waals surface area contributed by atoms with Gasteiger partial charge in [-0.05, 0) is 46.7 Å². The first-order valence-corrected chi connectivity index (χ1v) is 6.89. The summed E-state index contributed by atoms with van der Waals surface area (Å²) in [5.41, 5.74) is 2.11. The highest BCUT2D eigenvalue weighted by Gasteiger charge is 2.32. The Morgan fingerprint density at radius 3 is 2.61 bits per heavy atom. The van der Waals surface area contributed by atoms with Crippen LogP contribution in [0.2, 0.25) is 0 Å². The molecule has 1 heterocycles. The molecule has 1 aromatic heterocycles. The van der Waals surface area contributed by atoms with Crippen molar-refractivity contribution in [3.63, 3.8) is 0 Å². The number of aryl methyl sites for hydroxylation is 2. The Bertz CT molecular complexity index is 379. The molecule has 18 heavy (non-hydrogen) atoms. The lowest BCUT2D eigenvalue weighted by molar-refractivity contribution is 0.255. The van der Waals surface area contributed by atoms with E-state index in [1.54, 1.807) is 4.80 Å². The third kappa shape index (κ3) is 3.29. The molecule has 1 unspecified atom stereocenters. The van der Waals surface area contributed by atoms with E-state index in [9.17, 15) is 0 Å². The van der Waals surface area contributed by atoms with Crippen molar-refractivity contribution in [1.29, 1.82) is 0 Å². The van der Waals surface area contributed by atoms with Crippen LogP contribution in [0.25, 0.3) is 0 Å². The van der Waals surface area contributed by atoms with E-state index in [-0.39, 0.29) is 0 Å². The van der Waals surface area contributed by atoms with E-state index >= 15 is 0 Å². The predicted molar refractivity (Wildman–Crippen MR) is 72.3 cm³/mol. The quantitative estimate of drug-likeness (QED) is 0.786. The van der Waals surface area contributed by atoms with Crippen molar-refractivity contribution in [3.8, 4) is 0 Å². The number of hydrogen-bond acceptors (Lipinski definition) is 4. The monoisotopic (exact) mass is 251 g/mol. The molecule has 0 saturated heterocycles. The summed E-state index contributed by atoms with van der Waals surface area (Å²) in [5.74, 6) is 0.889. The van der Waals surface area contributed by atoms with Gasteiger partial charge >= 0.3 is 0 Å². The molecule has 1 aromatic rings. The summed E-state index contributed by atoms with van der Waals surface area (Å²) >= 11 is 0. The molecule has 1 fully saturated rings. The SMILES string of the molecule is CCn1nc(C)c(CNCC(C2CC2)N(C)C)n1. The number of rotatable bonds is 7. The molecule has 102 valence electrons. The Hall–Kier alpha value is -0.940. The summed E-state index contributed by atoms with van der Waals surface area (Å²) in [5, 5.41) is 12.3. The second kappa shape index (κ2) is 5.80. The van der Waals surface area contributed by atoms with E-state index in [1.165, 1.54) is 12.8 Å². The Morgan fingerprint density at radius 2 is 2.11 bits per heavy atom. The van der Waals surface area contributed by atoms with Crippen LogP contribution in [0.4, 0.5) is 0 Å². The molecule has 1 atom stereocenters. The summed E-state index contributed by atoms with van der Waals surface area (Å²) in [7, 11) is 4.34. The largest absolute Gasteiger partial charge is 0.309 e. The van der Waals surface area contributed by atoms with Crippen LogP contribution in [0.5, 0.6) is 0 Å². The molecule has 1 aliphatic carbocycles. The Morgan fingerprint density at radius 1 is 1.39 bits per heavy atom. The molecule has 0 aliphatic heterocycles. The van der Waals surface area contributed by atoms with Gasteiger partial charge in [0.1, 0.15) is 0 Å². The summed E-state index contributed by atoms with van der Waals surface area (Å²) < 4.78 is 0. The fourth-order valence-corrected chi connectivity index (χ4v) is 2.36. The maximum Gasteiger partial charge on any atom is 0.0994 e. The van der Waals surface area contributed by atoms with E-state index in [4.69, 9.17) is 0 Å². The van der Waals surface area contributed by atoms with Gasteiger partial charge in [0.15, 0.2) is 0 Å². The number of likely N-dealkylation sites (N-methyl/N-ethyl adjacent to an activating group) is 1. The molecule has 0 amide bonds. The van der Waals surface area contributed by atoms with Gasteiger partial charge in [0.05, 0.1) is 17.9 Å². The highest BCUT2D eigenvalue weighted by Crippen LogP contribution is 2.34. The van der Waals surface area contributed by atoms with E-state index in [2.05, 4.69) is 41.4 Å². The Balaban J connectivity index is 1.81. The maximum absolute atomic E-state index is 4.46. The highest BCUT2D eigenvalue weighted by atomic mass is 15.5. The van der Waals surface area contributed by atoms with Crippen molar-refractivity contribution < 1.29 is 0 Å². The second-order valence-corrected chi connectivity index (χ2v) is 5.42. The average Bonchev–Trinajstić information content (AvgIpc) is 3.09. The number of nitrogens with zero attached hydrogens (tertiary/aromatic N) is 4. The van der Waals surface area contributed by atoms with Crippen LogP contribution in [-0.2, 0) is 13.1 Å². The van der Waals surface area contributed by atoms with Crippen LogP contribution in [0.1, 0.15) is 31.2 Å². The van der Waals surface area contributed by atoms with Crippen LogP contribution in [0, 0.1) is 12.8 Å². The molecular formula is C13H25N5. The lowest BCUT2D eigenvalue weighted by atomic mass is 10.1. The zero-order valence-corrected chi connectivity index (χ0v) is 12.0. The van der Waals surface area contributed by atoms with Gasteiger partial charge in [-0.3, -0.25) is 0 Å². The molecule has 0 aromatic carbocycles. The molecule has 1 N–H and O–H groups in total. The van der Waals surface area contributed by atoms with Gasteiger partial charge in [-0.2, -0.15) is 15.0 Å². The van der Waals surface area contributed by atoms with Crippen LogP contribution in [0.15, 0.2) is 0 Å². The van der Waals surface area contributed by atoms with Gasteiger partial charge in [-0.1, -0.05) is 0 Å². The molecule has 1 aliphatic rings. The summed E-state index contributed by atoms with van der Waals surface area (Å²) in [6.45, 7) is 6.79. The van der Waals surface area contributed by atoms with Gasteiger partial charge in [0, 0.05) is 19.1 Å². The molecule has 5 heteroatoms. The van der Waals surface area contributed by atoms with Gasteiger partial charge in [0.25, 0.3) is 0 Å². The number of nitrogens with one attached hydrogen (secondary N) is 1. The van der Waals surface area contributed by atoms with E-state index in [1.807, 2.05) is 6.92 Å². The first-order valence-electron chi connectivity index (χ1n) is 6.89. The lowest BCUT2D eigenvalue weighted by Crippen LogP contribution is -2.39. The molecule has 0 spiro atoms. The Kier molecular flexibility index (Phi) is 4.35. The molecule has 0 radical (unpaired) electrons. The minimum Gasteiger partial charge on any atom is -0.309 e. The molecular weight excluding hydrogens is 226 g/mol. The standard InChI is InChI=1S/C13H25N5/c1-5-18-15-10(2)12(16-18)8-14-9-13(17(3)4)11-6-7-11/h11,13-14H,5-9H2,1-4H3. The van der Waals surface area contributed by atoms with Crippen molar-refractivity contribution in [2.45, 2.75) is 45.8 Å². The summed E-state index contributed by atoms with van der Waals surface area (Å²) in [6, 6.07) is 0.659. The lowest BCUT2D eigenvalue weighted by Gasteiger charge is -2.24. The molecule has 1 saturated carbocycles. The van der Waals surface area contributed by atoms with Crippen molar-refractivity contribution in [3.05, 3.63) is 11.4 Å². The van der Waals surface area contributed by atoms with Crippen LogP contribution >= 0.6 is 0 Å². The normalized spacial score (nSPS) is 17.4. The third-order valence-corrected chi connectivity index (χ3v) is 3.68. The third-order valence-electron chi connectivity index (χ3n) is 3.68. The maximum atomic E-state index is 4.46. The first kappa shape index (κ1) is 13.5. The predicted octanol–water partition coefficient (Wildman–Crippen LogP) is 1.04. The van der Waals surface area contributed by atoms with Crippen molar-refractivity contribution in [1.82, 2.24) is 25.2 Å². The van der Waals surface area contributed by atoms with Gasteiger partial charge < -0.3 is 10.2 Å². The molecule has 0 bridgehead atoms. The smallest absolute Gasteiger partial charge is 0.0994 e. The fraction of sp³-hybridized carbons (Fsp3) is 0.846. The average molecular weight is 251 g/mol. The Labute approximate surface area is 110 Å². The minimum absolute atomic E-state index is 0.659. The van der Waals surface area contributed by atoms with Crippen LogP contribution < -0.4 is 5.32 Å². The van der Waals surface area contributed by atoms with Crippen LogP contribution in [-0.4, -0.2) is 46.6 Å². The minimum atomic E-state index is 0.659. The van der Waals surface area contributed by atoms with E-state index in [0.29, 0.717) is 6.04 Å². The molecule has 5 nitrogen and oxygen atoms in total. The fourth-order valence-electron chi connectivity index (χ4n) is 2.36. The zero-order valence-electron chi connectivity index (χ0n) is 12.0. The van der Waals surface area contributed by atoms with Crippen molar-refractivity contribution in [2.24, 2.45) is 5.92 Å². The van der Waals surface area contributed by atoms with Gasteiger partial charge in [0.2, 0.25) is 0 Å². The number of aromatic nitrogens is 3. The summed E-state index contributed by atoms with van der Waals surface area (Å²) in [6.07, 6.45) is 2.77. The van der Waals surface area contributed by atoms with Crippen molar-refractivity contribution >= 4 is 0 Å². The molecule has 2 rings (SSSR count). The van der Waals surface area contributed by atoms with E-state index in [0.717, 1.165) is 36.9 Å².